The molecule has 2 aromatic heterocycles. The highest BCUT2D eigenvalue weighted by Gasteiger charge is 2.19. The van der Waals surface area contributed by atoms with Crippen molar-refractivity contribution in [2.24, 2.45) is 0 Å². The highest BCUT2D eigenvalue weighted by atomic mass is 32.1. The zero-order valence-electron chi connectivity index (χ0n) is 26.1. The summed E-state index contributed by atoms with van der Waals surface area (Å²) in [5.74, 6) is 0. The summed E-state index contributed by atoms with van der Waals surface area (Å²) in [5, 5.41) is 7.81. The number of fused-ring (bicyclic) bond motifs is 9. The van der Waals surface area contributed by atoms with Gasteiger partial charge in [-0.25, -0.2) is 0 Å². The predicted molar refractivity (Wildman–Crippen MR) is 207 cm³/mol. The molecule has 48 heavy (non-hydrogen) atoms. The van der Waals surface area contributed by atoms with E-state index in [1.165, 1.54) is 86.1 Å². The Morgan fingerprint density at radius 2 is 0.958 bits per heavy atom. The largest absolute Gasteiger partial charge is 0.309 e. The molecule has 0 aliphatic heterocycles. The standard InChI is InChI=1S/C46H29NS/c1-3-12-30(13-4-1)34-26-35(31-14-5-2-6-15-31)28-36(27-34)33-16-11-17-37(29-33)47-41-20-9-7-18-38(41)39-24-22-32-23-25-43-45(44(32)46(39)47)40-19-8-10-21-42(40)48-43/h1-29H. The molecule has 0 atom stereocenters. The van der Waals surface area contributed by atoms with Crippen molar-refractivity contribution in [1.29, 1.82) is 0 Å². The van der Waals surface area contributed by atoms with Crippen LogP contribution in [0.25, 0.3) is 91.8 Å². The molecule has 0 radical (unpaired) electrons. The molecule has 0 saturated carbocycles. The van der Waals surface area contributed by atoms with Crippen LogP contribution >= 0.6 is 11.3 Å². The maximum Gasteiger partial charge on any atom is 0.0626 e. The molecule has 10 aromatic rings. The Hall–Kier alpha value is -5.96. The number of rotatable bonds is 4. The van der Waals surface area contributed by atoms with Crippen molar-refractivity contribution in [2.45, 2.75) is 0 Å². The Labute approximate surface area is 282 Å². The number of aromatic nitrogens is 1. The van der Waals surface area contributed by atoms with Crippen LogP contribution in [0.4, 0.5) is 0 Å². The summed E-state index contributed by atoms with van der Waals surface area (Å²) in [5.41, 5.74) is 10.9. The molecule has 8 aromatic carbocycles. The van der Waals surface area contributed by atoms with Crippen molar-refractivity contribution < 1.29 is 0 Å². The molecule has 10 rings (SSSR count). The van der Waals surface area contributed by atoms with Gasteiger partial charge in [0.05, 0.1) is 11.0 Å². The van der Waals surface area contributed by atoms with E-state index in [4.69, 9.17) is 0 Å². The van der Waals surface area contributed by atoms with Gasteiger partial charge in [-0.2, -0.15) is 0 Å². The highest BCUT2D eigenvalue weighted by Crippen LogP contribution is 2.44. The summed E-state index contributed by atoms with van der Waals surface area (Å²) < 4.78 is 5.16. The van der Waals surface area contributed by atoms with E-state index in [1.807, 2.05) is 11.3 Å². The SMILES string of the molecule is c1ccc(-c2cc(-c3ccccc3)cc(-c3cccc(-n4c5ccccc5c5ccc6ccc7sc8ccccc8c7c6c54)c3)c2)cc1. The van der Waals surface area contributed by atoms with Gasteiger partial charge in [0, 0.05) is 42.0 Å². The van der Waals surface area contributed by atoms with E-state index in [2.05, 4.69) is 180 Å². The number of nitrogens with zero attached hydrogens (tertiary/aromatic N) is 1. The van der Waals surface area contributed by atoms with Gasteiger partial charge in [-0.1, -0.05) is 127 Å². The first-order valence-corrected chi connectivity index (χ1v) is 17.2. The van der Waals surface area contributed by atoms with Crippen LogP contribution in [0.3, 0.4) is 0 Å². The van der Waals surface area contributed by atoms with Crippen molar-refractivity contribution in [2.75, 3.05) is 0 Å². The summed E-state index contributed by atoms with van der Waals surface area (Å²) in [6, 6.07) is 64.4. The van der Waals surface area contributed by atoms with Gasteiger partial charge in [0.25, 0.3) is 0 Å². The van der Waals surface area contributed by atoms with Gasteiger partial charge in [0.1, 0.15) is 0 Å². The fraction of sp³-hybridized carbons (Fsp3) is 0. The Kier molecular flexibility index (Phi) is 6.12. The molecule has 2 heterocycles. The molecule has 0 saturated heterocycles. The zero-order chi connectivity index (χ0) is 31.6. The Bertz CT molecular complexity index is 2760. The van der Waals surface area contributed by atoms with Gasteiger partial charge in [-0.05, 0) is 87.3 Å². The molecule has 0 bridgehead atoms. The third kappa shape index (κ3) is 4.24. The van der Waals surface area contributed by atoms with E-state index in [0.717, 1.165) is 5.69 Å². The molecule has 0 amide bonds. The summed E-state index contributed by atoms with van der Waals surface area (Å²) in [4.78, 5) is 0. The molecule has 0 unspecified atom stereocenters. The lowest BCUT2D eigenvalue weighted by Gasteiger charge is -2.14. The van der Waals surface area contributed by atoms with Crippen LogP contribution in [0, 0.1) is 0 Å². The molecule has 0 spiro atoms. The molecular formula is C46H29NS. The lowest BCUT2D eigenvalue weighted by atomic mass is 9.93. The second-order valence-electron chi connectivity index (χ2n) is 12.5. The first-order chi connectivity index (χ1) is 23.8. The summed E-state index contributed by atoms with van der Waals surface area (Å²) in [7, 11) is 0. The van der Waals surface area contributed by atoms with Crippen LogP contribution in [-0.2, 0) is 0 Å². The Balaban J connectivity index is 1.27. The fourth-order valence-corrected chi connectivity index (χ4v) is 8.68. The number of thiophene rings is 1. The van der Waals surface area contributed by atoms with Gasteiger partial charge in [-0.15, -0.1) is 11.3 Å². The summed E-state index contributed by atoms with van der Waals surface area (Å²) in [6.45, 7) is 0. The lowest BCUT2D eigenvalue weighted by molar-refractivity contribution is 1.19. The van der Waals surface area contributed by atoms with E-state index in [9.17, 15) is 0 Å². The maximum atomic E-state index is 2.50. The van der Waals surface area contributed by atoms with E-state index in [-0.39, 0.29) is 0 Å². The minimum absolute atomic E-state index is 1.16. The van der Waals surface area contributed by atoms with Crippen LogP contribution in [0.5, 0.6) is 0 Å². The lowest BCUT2D eigenvalue weighted by Crippen LogP contribution is -1.95. The average Bonchev–Trinajstić information content (AvgIpc) is 3.71. The summed E-state index contributed by atoms with van der Waals surface area (Å²) in [6.07, 6.45) is 0. The smallest absolute Gasteiger partial charge is 0.0626 e. The quantitative estimate of drug-likeness (QED) is 0.183. The van der Waals surface area contributed by atoms with Crippen LogP contribution in [-0.4, -0.2) is 4.57 Å². The monoisotopic (exact) mass is 627 g/mol. The van der Waals surface area contributed by atoms with Gasteiger partial charge < -0.3 is 4.57 Å². The van der Waals surface area contributed by atoms with E-state index in [1.54, 1.807) is 0 Å². The third-order valence-electron chi connectivity index (χ3n) is 9.74. The maximum absolute atomic E-state index is 2.50. The minimum Gasteiger partial charge on any atom is -0.309 e. The fourth-order valence-electron chi connectivity index (χ4n) is 7.56. The second kappa shape index (κ2) is 10.8. The molecule has 2 heteroatoms. The van der Waals surface area contributed by atoms with Crippen LogP contribution in [0.2, 0.25) is 0 Å². The summed E-state index contributed by atoms with van der Waals surface area (Å²) >= 11 is 1.88. The van der Waals surface area contributed by atoms with Crippen molar-refractivity contribution in [3.8, 4) is 39.1 Å². The predicted octanol–water partition coefficient (Wildman–Crippen LogP) is 13.3. The van der Waals surface area contributed by atoms with Crippen molar-refractivity contribution in [1.82, 2.24) is 4.57 Å². The second-order valence-corrected chi connectivity index (χ2v) is 13.6. The number of hydrogen-bond acceptors (Lipinski definition) is 1. The first-order valence-electron chi connectivity index (χ1n) is 16.4. The minimum atomic E-state index is 1.16. The third-order valence-corrected chi connectivity index (χ3v) is 10.9. The normalized spacial score (nSPS) is 11.8. The first kappa shape index (κ1) is 27.2. The average molecular weight is 628 g/mol. The van der Waals surface area contributed by atoms with E-state index >= 15 is 0 Å². The molecule has 1 nitrogen and oxygen atoms in total. The van der Waals surface area contributed by atoms with Gasteiger partial charge in [-0.3, -0.25) is 0 Å². The number of hydrogen-bond donors (Lipinski definition) is 0. The molecule has 0 aliphatic carbocycles. The van der Waals surface area contributed by atoms with E-state index < -0.39 is 0 Å². The Morgan fingerprint density at radius 1 is 0.354 bits per heavy atom. The van der Waals surface area contributed by atoms with Crippen molar-refractivity contribution >= 4 is 64.1 Å². The van der Waals surface area contributed by atoms with Crippen molar-refractivity contribution in [3.05, 3.63) is 176 Å². The van der Waals surface area contributed by atoms with Gasteiger partial charge in [0.2, 0.25) is 0 Å². The number of benzene rings is 8. The molecular weight excluding hydrogens is 599 g/mol. The van der Waals surface area contributed by atoms with Gasteiger partial charge in [0.15, 0.2) is 0 Å². The van der Waals surface area contributed by atoms with Crippen LogP contribution in [0.15, 0.2) is 176 Å². The zero-order valence-corrected chi connectivity index (χ0v) is 26.9. The van der Waals surface area contributed by atoms with Crippen LogP contribution in [0.1, 0.15) is 0 Å². The highest BCUT2D eigenvalue weighted by molar-refractivity contribution is 7.26. The van der Waals surface area contributed by atoms with Gasteiger partial charge >= 0.3 is 0 Å². The molecule has 224 valence electrons. The van der Waals surface area contributed by atoms with Crippen LogP contribution < -0.4 is 0 Å². The van der Waals surface area contributed by atoms with E-state index in [0.29, 0.717) is 0 Å². The Morgan fingerprint density at radius 3 is 1.71 bits per heavy atom. The number of para-hydroxylation sites is 1. The molecule has 0 N–H and O–H groups in total. The van der Waals surface area contributed by atoms with Crippen molar-refractivity contribution in [3.63, 3.8) is 0 Å². The molecule has 0 aliphatic rings. The topological polar surface area (TPSA) is 4.93 Å². The molecule has 0 fully saturated rings.